The summed E-state index contributed by atoms with van der Waals surface area (Å²) in [6.07, 6.45) is 4.56. The van der Waals surface area contributed by atoms with Crippen LogP contribution in [0, 0.1) is 6.92 Å². The Morgan fingerprint density at radius 1 is 0.972 bits per heavy atom. The molecule has 1 amide bonds. The van der Waals surface area contributed by atoms with Gasteiger partial charge in [-0.05, 0) is 99.5 Å². The standard InChI is InChI=1S/C29H34N2O4S/c1-4-35-27-15-13-26(14-16-27)31(36(33,34)28-17-9-21(2)10-18-28)20-29(32)30-22(3)24-12-11-23-7-5-6-8-25(23)19-24/h9-19,22H,4-8,20H2,1-3H3,(H,30,32). The number of nitrogens with zero attached hydrogens (tertiary/aromatic N) is 1. The summed E-state index contributed by atoms with van der Waals surface area (Å²) in [5, 5.41) is 3.00. The first-order valence-electron chi connectivity index (χ1n) is 12.5. The van der Waals surface area contributed by atoms with Crippen molar-refractivity contribution in [2.45, 2.75) is 57.4 Å². The SMILES string of the molecule is CCOc1ccc(N(CC(=O)NC(C)c2ccc3c(c2)CCCC3)S(=O)(=O)c2ccc(C)cc2)cc1. The van der Waals surface area contributed by atoms with Gasteiger partial charge in [0.1, 0.15) is 12.3 Å². The van der Waals surface area contributed by atoms with Crippen LogP contribution in [0.25, 0.3) is 0 Å². The summed E-state index contributed by atoms with van der Waals surface area (Å²) in [4.78, 5) is 13.3. The Morgan fingerprint density at radius 3 is 2.31 bits per heavy atom. The van der Waals surface area contributed by atoms with Gasteiger partial charge in [-0.25, -0.2) is 8.42 Å². The van der Waals surface area contributed by atoms with Crippen molar-refractivity contribution in [3.8, 4) is 5.75 Å². The fourth-order valence-electron chi connectivity index (χ4n) is 4.55. The van der Waals surface area contributed by atoms with Crippen LogP contribution >= 0.6 is 0 Å². The van der Waals surface area contributed by atoms with Crippen LogP contribution in [0.5, 0.6) is 5.75 Å². The van der Waals surface area contributed by atoms with Gasteiger partial charge < -0.3 is 10.1 Å². The highest BCUT2D eigenvalue weighted by atomic mass is 32.2. The highest BCUT2D eigenvalue weighted by Gasteiger charge is 2.28. The van der Waals surface area contributed by atoms with E-state index in [0.717, 1.165) is 28.3 Å². The zero-order valence-corrected chi connectivity index (χ0v) is 22.0. The molecule has 0 saturated carbocycles. The van der Waals surface area contributed by atoms with Crippen LogP contribution in [0.4, 0.5) is 5.69 Å². The maximum absolute atomic E-state index is 13.6. The van der Waals surface area contributed by atoms with Crippen LogP contribution < -0.4 is 14.4 Å². The number of hydrogen-bond acceptors (Lipinski definition) is 4. The summed E-state index contributed by atoms with van der Waals surface area (Å²) in [5.41, 5.74) is 5.11. The number of fused-ring (bicyclic) bond motifs is 1. The van der Waals surface area contributed by atoms with E-state index in [2.05, 4.69) is 23.5 Å². The number of hydrogen-bond donors (Lipinski definition) is 1. The van der Waals surface area contributed by atoms with Crippen molar-refractivity contribution in [3.63, 3.8) is 0 Å². The highest BCUT2D eigenvalue weighted by Crippen LogP contribution is 2.27. The molecule has 7 heteroatoms. The topological polar surface area (TPSA) is 75.7 Å². The molecule has 6 nitrogen and oxygen atoms in total. The van der Waals surface area contributed by atoms with Crippen molar-refractivity contribution in [1.29, 1.82) is 0 Å². The molecular formula is C29H34N2O4S. The Morgan fingerprint density at radius 2 is 1.64 bits per heavy atom. The maximum atomic E-state index is 13.6. The first-order chi connectivity index (χ1) is 17.3. The second-order valence-corrected chi connectivity index (χ2v) is 11.1. The maximum Gasteiger partial charge on any atom is 0.264 e. The molecule has 3 aromatic carbocycles. The number of carbonyl (C=O) groups excluding carboxylic acids is 1. The molecule has 1 aliphatic rings. The van der Waals surface area contributed by atoms with Gasteiger partial charge in [-0.2, -0.15) is 0 Å². The van der Waals surface area contributed by atoms with Crippen LogP contribution in [-0.2, 0) is 27.7 Å². The predicted octanol–water partition coefficient (Wildman–Crippen LogP) is 5.35. The third-order valence-corrected chi connectivity index (χ3v) is 8.37. The minimum atomic E-state index is -3.97. The molecule has 1 N–H and O–H groups in total. The summed E-state index contributed by atoms with van der Waals surface area (Å²) in [6.45, 7) is 5.89. The fourth-order valence-corrected chi connectivity index (χ4v) is 5.97. The third kappa shape index (κ3) is 5.90. The smallest absolute Gasteiger partial charge is 0.264 e. The van der Waals surface area contributed by atoms with Crippen LogP contribution in [0.3, 0.4) is 0 Å². The lowest BCUT2D eigenvalue weighted by molar-refractivity contribution is -0.120. The summed E-state index contributed by atoms with van der Waals surface area (Å²) in [5.74, 6) is 0.268. The Labute approximate surface area is 214 Å². The molecule has 0 radical (unpaired) electrons. The summed E-state index contributed by atoms with van der Waals surface area (Å²) in [6, 6.07) is 19.5. The number of carbonyl (C=O) groups is 1. The van der Waals surface area contributed by atoms with Gasteiger partial charge in [0.25, 0.3) is 10.0 Å². The van der Waals surface area contributed by atoms with E-state index in [1.54, 1.807) is 48.5 Å². The normalized spacial score (nSPS) is 14.0. The van der Waals surface area contributed by atoms with E-state index >= 15 is 0 Å². The summed E-state index contributed by atoms with van der Waals surface area (Å²) >= 11 is 0. The molecule has 0 bridgehead atoms. The predicted molar refractivity (Wildman–Crippen MR) is 143 cm³/mol. The molecule has 1 unspecified atom stereocenters. The molecule has 0 fully saturated rings. The quantitative estimate of drug-likeness (QED) is 0.425. The Kier molecular flexibility index (Phi) is 7.99. The number of amides is 1. The Bertz CT molecular complexity index is 1300. The monoisotopic (exact) mass is 506 g/mol. The van der Waals surface area contributed by atoms with E-state index in [1.807, 2.05) is 20.8 Å². The van der Waals surface area contributed by atoms with E-state index in [9.17, 15) is 13.2 Å². The van der Waals surface area contributed by atoms with Crippen LogP contribution in [0.15, 0.2) is 71.6 Å². The number of anilines is 1. The molecule has 1 aliphatic carbocycles. The summed E-state index contributed by atoms with van der Waals surface area (Å²) < 4.78 is 33.9. The minimum absolute atomic E-state index is 0.137. The van der Waals surface area contributed by atoms with E-state index in [4.69, 9.17) is 4.74 Å². The molecule has 1 atom stereocenters. The molecule has 36 heavy (non-hydrogen) atoms. The van der Waals surface area contributed by atoms with Gasteiger partial charge in [-0.3, -0.25) is 9.10 Å². The lowest BCUT2D eigenvalue weighted by atomic mass is 9.89. The van der Waals surface area contributed by atoms with Gasteiger partial charge in [0.2, 0.25) is 5.91 Å². The lowest BCUT2D eigenvalue weighted by Gasteiger charge is -2.26. The van der Waals surface area contributed by atoms with Gasteiger partial charge in [-0.1, -0.05) is 35.9 Å². The molecule has 0 saturated heterocycles. The van der Waals surface area contributed by atoms with Crippen molar-refractivity contribution in [1.82, 2.24) is 5.32 Å². The number of nitrogens with one attached hydrogen (secondary N) is 1. The van der Waals surface area contributed by atoms with Crippen molar-refractivity contribution in [2.24, 2.45) is 0 Å². The molecule has 0 aliphatic heterocycles. The Hall–Kier alpha value is -3.32. The Balaban J connectivity index is 1.57. The minimum Gasteiger partial charge on any atom is -0.494 e. The zero-order chi connectivity index (χ0) is 25.7. The van der Waals surface area contributed by atoms with Crippen molar-refractivity contribution in [2.75, 3.05) is 17.5 Å². The molecule has 190 valence electrons. The number of rotatable bonds is 9. The highest BCUT2D eigenvalue weighted by molar-refractivity contribution is 7.92. The van der Waals surface area contributed by atoms with Crippen LogP contribution in [0.1, 0.15) is 55.0 Å². The van der Waals surface area contributed by atoms with Gasteiger partial charge >= 0.3 is 0 Å². The average molecular weight is 507 g/mol. The molecule has 4 rings (SSSR count). The van der Waals surface area contributed by atoms with E-state index in [-0.39, 0.29) is 23.4 Å². The molecule has 3 aromatic rings. The van der Waals surface area contributed by atoms with E-state index in [1.165, 1.54) is 24.0 Å². The van der Waals surface area contributed by atoms with Crippen molar-refractivity contribution >= 4 is 21.6 Å². The van der Waals surface area contributed by atoms with Gasteiger partial charge in [0.15, 0.2) is 0 Å². The number of sulfonamides is 1. The number of aryl methyl sites for hydroxylation is 3. The van der Waals surface area contributed by atoms with Gasteiger partial charge in [-0.15, -0.1) is 0 Å². The molecular weight excluding hydrogens is 472 g/mol. The van der Waals surface area contributed by atoms with Crippen molar-refractivity contribution in [3.05, 3.63) is 89.0 Å². The third-order valence-electron chi connectivity index (χ3n) is 6.58. The van der Waals surface area contributed by atoms with Gasteiger partial charge in [0, 0.05) is 0 Å². The molecule has 0 heterocycles. The largest absolute Gasteiger partial charge is 0.494 e. The summed E-state index contributed by atoms with van der Waals surface area (Å²) in [7, 11) is -3.97. The number of ether oxygens (including phenoxy) is 1. The number of benzene rings is 3. The zero-order valence-electron chi connectivity index (χ0n) is 21.2. The fraction of sp³-hybridized carbons (Fsp3) is 0.345. The van der Waals surface area contributed by atoms with E-state index < -0.39 is 10.0 Å². The van der Waals surface area contributed by atoms with Crippen LogP contribution in [-0.4, -0.2) is 27.5 Å². The van der Waals surface area contributed by atoms with Crippen molar-refractivity contribution < 1.29 is 17.9 Å². The second-order valence-electron chi connectivity index (χ2n) is 9.28. The first-order valence-corrected chi connectivity index (χ1v) is 14.0. The van der Waals surface area contributed by atoms with Crippen LogP contribution in [0.2, 0.25) is 0 Å². The molecule has 0 spiro atoms. The lowest BCUT2D eigenvalue weighted by Crippen LogP contribution is -2.41. The second kappa shape index (κ2) is 11.2. The average Bonchev–Trinajstić information content (AvgIpc) is 2.88. The van der Waals surface area contributed by atoms with Gasteiger partial charge in [0.05, 0.1) is 23.2 Å². The first kappa shape index (κ1) is 25.8. The van der Waals surface area contributed by atoms with E-state index in [0.29, 0.717) is 18.0 Å². The molecule has 0 aromatic heterocycles.